The highest BCUT2D eigenvalue weighted by Gasteiger charge is 2.34. The van der Waals surface area contributed by atoms with Crippen LogP contribution in [0, 0.1) is 17.8 Å². The van der Waals surface area contributed by atoms with E-state index >= 15 is 0 Å². The first kappa shape index (κ1) is 11.0. The van der Waals surface area contributed by atoms with Gasteiger partial charge in [0.15, 0.2) is 0 Å². The van der Waals surface area contributed by atoms with Crippen LogP contribution in [-0.4, -0.2) is 25.8 Å². The number of hydrogen-bond acceptors (Lipinski definition) is 2. The number of hydrogen-bond donors (Lipinski definition) is 1. The van der Waals surface area contributed by atoms with Crippen molar-refractivity contribution in [3.63, 3.8) is 0 Å². The van der Waals surface area contributed by atoms with Crippen molar-refractivity contribution in [3.05, 3.63) is 0 Å². The first-order valence-corrected chi connectivity index (χ1v) is 7.23. The summed E-state index contributed by atoms with van der Waals surface area (Å²) in [6, 6.07) is 0.893. The Labute approximate surface area is 99.1 Å². The second kappa shape index (κ2) is 5.05. The third-order valence-electron chi connectivity index (χ3n) is 4.80. The van der Waals surface area contributed by atoms with Crippen LogP contribution >= 0.6 is 0 Å². The molecule has 2 nitrogen and oxygen atoms in total. The van der Waals surface area contributed by atoms with E-state index in [9.17, 15) is 0 Å². The van der Waals surface area contributed by atoms with Crippen LogP contribution in [0.2, 0.25) is 0 Å². The van der Waals surface area contributed by atoms with Gasteiger partial charge in [-0.2, -0.15) is 0 Å². The summed E-state index contributed by atoms with van der Waals surface area (Å²) in [4.78, 5) is 0. The van der Waals surface area contributed by atoms with E-state index in [2.05, 4.69) is 5.32 Å². The quantitative estimate of drug-likeness (QED) is 0.773. The third kappa shape index (κ3) is 2.78. The standard InChI is InChI=1S/C14H25NO/c1-2-13(10-15-14-3-4-14)12(1)9-11-5-7-16-8-6-11/h11-15H,1-10H2. The lowest BCUT2D eigenvalue weighted by Gasteiger charge is -2.40. The fourth-order valence-corrected chi connectivity index (χ4v) is 3.23. The summed E-state index contributed by atoms with van der Waals surface area (Å²) in [5, 5.41) is 3.70. The molecular formula is C14H25NO. The van der Waals surface area contributed by atoms with Crippen molar-refractivity contribution in [2.75, 3.05) is 19.8 Å². The van der Waals surface area contributed by atoms with Crippen LogP contribution in [0.5, 0.6) is 0 Å². The molecule has 3 fully saturated rings. The Kier molecular flexibility index (Phi) is 3.49. The molecule has 2 saturated carbocycles. The van der Waals surface area contributed by atoms with Crippen LogP contribution < -0.4 is 5.32 Å². The maximum Gasteiger partial charge on any atom is 0.0468 e. The number of nitrogens with one attached hydrogen (secondary N) is 1. The molecule has 2 atom stereocenters. The number of rotatable bonds is 5. The fraction of sp³-hybridized carbons (Fsp3) is 1.00. The summed E-state index contributed by atoms with van der Waals surface area (Å²) in [7, 11) is 0. The van der Waals surface area contributed by atoms with Gasteiger partial charge in [0, 0.05) is 19.3 Å². The Bertz CT molecular complexity index is 221. The van der Waals surface area contributed by atoms with Crippen LogP contribution in [0.3, 0.4) is 0 Å². The summed E-state index contributed by atoms with van der Waals surface area (Å²) in [5.74, 6) is 3.01. The van der Waals surface area contributed by atoms with Gasteiger partial charge in [0.25, 0.3) is 0 Å². The molecule has 3 aliphatic rings. The Morgan fingerprint density at radius 1 is 0.875 bits per heavy atom. The molecule has 0 spiro atoms. The van der Waals surface area contributed by atoms with Crippen molar-refractivity contribution in [1.82, 2.24) is 5.32 Å². The highest BCUT2D eigenvalue weighted by atomic mass is 16.5. The van der Waals surface area contributed by atoms with Gasteiger partial charge in [-0.1, -0.05) is 0 Å². The maximum atomic E-state index is 5.43. The first-order chi connectivity index (χ1) is 7.92. The van der Waals surface area contributed by atoms with Gasteiger partial charge >= 0.3 is 0 Å². The van der Waals surface area contributed by atoms with Gasteiger partial charge in [0.1, 0.15) is 0 Å². The predicted octanol–water partition coefficient (Wildman–Crippen LogP) is 2.58. The van der Waals surface area contributed by atoms with Crippen LogP contribution in [0.4, 0.5) is 0 Å². The van der Waals surface area contributed by atoms with Crippen LogP contribution in [-0.2, 0) is 4.74 Å². The minimum atomic E-state index is 0.893. The van der Waals surface area contributed by atoms with Gasteiger partial charge in [-0.15, -0.1) is 0 Å². The Morgan fingerprint density at radius 2 is 1.62 bits per heavy atom. The SMILES string of the molecule is C1CC(CC2CCC2CNC2CC2)CCO1. The average molecular weight is 223 g/mol. The van der Waals surface area contributed by atoms with E-state index in [1.54, 1.807) is 0 Å². The van der Waals surface area contributed by atoms with Gasteiger partial charge in [-0.05, 0) is 69.2 Å². The highest BCUT2D eigenvalue weighted by molar-refractivity contribution is 4.88. The molecule has 0 radical (unpaired) electrons. The molecule has 1 aliphatic heterocycles. The molecule has 1 N–H and O–H groups in total. The second-order valence-corrected chi connectivity index (χ2v) is 6.07. The Balaban J connectivity index is 1.36. The topological polar surface area (TPSA) is 21.3 Å². The zero-order chi connectivity index (χ0) is 10.8. The average Bonchev–Trinajstić information content (AvgIpc) is 3.10. The van der Waals surface area contributed by atoms with E-state index in [1.807, 2.05) is 0 Å². The van der Waals surface area contributed by atoms with Crippen molar-refractivity contribution in [2.24, 2.45) is 17.8 Å². The predicted molar refractivity (Wildman–Crippen MR) is 65.4 cm³/mol. The van der Waals surface area contributed by atoms with Crippen LogP contribution in [0.1, 0.15) is 44.9 Å². The largest absolute Gasteiger partial charge is 0.381 e. The lowest BCUT2D eigenvalue weighted by Crippen LogP contribution is -2.37. The van der Waals surface area contributed by atoms with E-state index in [1.165, 1.54) is 51.5 Å². The van der Waals surface area contributed by atoms with Crippen molar-refractivity contribution < 1.29 is 4.74 Å². The zero-order valence-electron chi connectivity index (χ0n) is 10.3. The Morgan fingerprint density at radius 3 is 2.25 bits per heavy atom. The lowest BCUT2D eigenvalue weighted by atomic mass is 9.68. The molecule has 2 aliphatic carbocycles. The Hall–Kier alpha value is -0.0800. The molecule has 16 heavy (non-hydrogen) atoms. The molecule has 92 valence electrons. The molecular weight excluding hydrogens is 198 g/mol. The summed E-state index contributed by atoms with van der Waals surface area (Å²) < 4.78 is 5.43. The summed E-state index contributed by atoms with van der Waals surface area (Å²) in [5.41, 5.74) is 0. The minimum Gasteiger partial charge on any atom is -0.381 e. The summed E-state index contributed by atoms with van der Waals surface area (Å²) in [6.07, 6.45) is 9.95. The third-order valence-corrected chi connectivity index (χ3v) is 4.80. The fourth-order valence-electron chi connectivity index (χ4n) is 3.23. The zero-order valence-corrected chi connectivity index (χ0v) is 10.3. The van der Waals surface area contributed by atoms with Gasteiger partial charge in [0.2, 0.25) is 0 Å². The first-order valence-electron chi connectivity index (χ1n) is 7.23. The normalized spacial score (nSPS) is 36.0. The van der Waals surface area contributed by atoms with E-state index in [0.717, 1.165) is 37.0 Å². The van der Waals surface area contributed by atoms with Crippen molar-refractivity contribution >= 4 is 0 Å². The number of ether oxygens (including phenoxy) is 1. The minimum absolute atomic E-state index is 0.893. The molecule has 0 amide bonds. The molecule has 0 bridgehead atoms. The molecule has 0 aromatic heterocycles. The second-order valence-electron chi connectivity index (χ2n) is 6.07. The molecule has 3 rings (SSSR count). The highest BCUT2D eigenvalue weighted by Crippen LogP contribution is 2.40. The van der Waals surface area contributed by atoms with Crippen LogP contribution in [0.25, 0.3) is 0 Å². The smallest absolute Gasteiger partial charge is 0.0468 e. The van der Waals surface area contributed by atoms with Gasteiger partial charge in [0.05, 0.1) is 0 Å². The molecule has 0 aromatic rings. The summed E-state index contributed by atoms with van der Waals surface area (Å²) in [6.45, 7) is 3.34. The van der Waals surface area contributed by atoms with Gasteiger partial charge in [-0.25, -0.2) is 0 Å². The van der Waals surface area contributed by atoms with Gasteiger partial charge < -0.3 is 10.1 Å². The molecule has 2 unspecified atom stereocenters. The van der Waals surface area contributed by atoms with Crippen molar-refractivity contribution in [2.45, 2.75) is 51.0 Å². The monoisotopic (exact) mass is 223 g/mol. The summed E-state index contributed by atoms with van der Waals surface area (Å²) >= 11 is 0. The van der Waals surface area contributed by atoms with Crippen LogP contribution in [0.15, 0.2) is 0 Å². The maximum absolute atomic E-state index is 5.43. The molecule has 0 aromatic carbocycles. The van der Waals surface area contributed by atoms with E-state index < -0.39 is 0 Å². The van der Waals surface area contributed by atoms with Gasteiger partial charge in [-0.3, -0.25) is 0 Å². The van der Waals surface area contributed by atoms with E-state index in [-0.39, 0.29) is 0 Å². The van der Waals surface area contributed by atoms with Crippen molar-refractivity contribution in [3.8, 4) is 0 Å². The lowest BCUT2D eigenvalue weighted by molar-refractivity contribution is 0.0417. The van der Waals surface area contributed by atoms with E-state index in [0.29, 0.717) is 0 Å². The molecule has 1 saturated heterocycles. The molecule has 2 heteroatoms. The van der Waals surface area contributed by atoms with E-state index in [4.69, 9.17) is 4.74 Å². The molecule has 1 heterocycles. The van der Waals surface area contributed by atoms with Crippen molar-refractivity contribution in [1.29, 1.82) is 0 Å².